The molecule has 80 valence electrons. The van der Waals surface area contributed by atoms with Gasteiger partial charge >= 0.3 is 8.05 Å². The van der Waals surface area contributed by atoms with E-state index in [-0.39, 0.29) is 17.8 Å². The zero-order chi connectivity index (χ0) is 11.0. The molecule has 0 amide bonds. The summed E-state index contributed by atoms with van der Waals surface area (Å²) in [6.45, 7) is 2.44. The summed E-state index contributed by atoms with van der Waals surface area (Å²) in [6.07, 6.45) is 2.77. The van der Waals surface area contributed by atoms with Gasteiger partial charge in [-0.25, -0.2) is 0 Å². The van der Waals surface area contributed by atoms with Gasteiger partial charge in [-0.15, -0.1) is 0 Å². The summed E-state index contributed by atoms with van der Waals surface area (Å²) in [4.78, 5) is 11.3. The van der Waals surface area contributed by atoms with Crippen LogP contribution in [0.25, 0.3) is 0 Å². The molecule has 0 radical (unpaired) electrons. The van der Waals surface area contributed by atoms with E-state index in [1.165, 1.54) is 8.05 Å². The number of nitrogens with two attached hydrogens (primary N) is 1. The first-order valence-corrected chi connectivity index (χ1v) is 4.77. The molecule has 0 aromatic heterocycles. The SMILES string of the molecule is BOC(=O)C(CCCC)CNC(=N)N. The summed E-state index contributed by atoms with van der Waals surface area (Å²) >= 11 is 0. The number of nitrogens with one attached hydrogen (secondary N) is 2. The van der Waals surface area contributed by atoms with E-state index >= 15 is 0 Å². The van der Waals surface area contributed by atoms with Crippen LogP contribution in [0.3, 0.4) is 0 Å². The highest BCUT2D eigenvalue weighted by molar-refractivity contribution is 6.05. The van der Waals surface area contributed by atoms with Crippen molar-refractivity contribution in [2.45, 2.75) is 26.2 Å². The normalized spacial score (nSPS) is 11.8. The number of rotatable bonds is 6. The van der Waals surface area contributed by atoms with Crippen LogP contribution in [0.1, 0.15) is 26.2 Å². The Kier molecular flexibility index (Phi) is 6.61. The lowest BCUT2D eigenvalue weighted by Crippen LogP contribution is -2.37. The van der Waals surface area contributed by atoms with E-state index in [0.29, 0.717) is 6.54 Å². The molecule has 1 atom stereocenters. The molecule has 0 aromatic carbocycles. The third-order valence-electron chi connectivity index (χ3n) is 1.98. The minimum Gasteiger partial charge on any atom is -0.543 e. The van der Waals surface area contributed by atoms with E-state index < -0.39 is 0 Å². The van der Waals surface area contributed by atoms with E-state index in [4.69, 9.17) is 11.1 Å². The number of carbonyl (C=O) groups is 1. The Morgan fingerprint density at radius 3 is 2.79 bits per heavy atom. The average Bonchev–Trinajstić information content (AvgIpc) is 2.16. The van der Waals surface area contributed by atoms with Crippen molar-refractivity contribution < 1.29 is 9.45 Å². The van der Waals surface area contributed by atoms with Crippen molar-refractivity contribution in [3.8, 4) is 0 Å². The van der Waals surface area contributed by atoms with E-state index in [1.54, 1.807) is 0 Å². The topological polar surface area (TPSA) is 88.2 Å². The Morgan fingerprint density at radius 2 is 2.36 bits per heavy atom. The van der Waals surface area contributed by atoms with Gasteiger partial charge in [0, 0.05) is 6.54 Å². The van der Waals surface area contributed by atoms with Crippen molar-refractivity contribution in [3.05, 3.63) is 0 Å². The molecule has 5 nitrogen and oxygen atoms in total. The van der Waals surface area contributed by atoms with Gasteiger partial charge in [-0.3, -0.25) is 10.2 Å². The summed E-state index contributed by atoms with van der Waals surface area (Å²) in [5.74, 6) is -0.563. The van der Waals surface area contributed by atoms with Crippen LogP contribution in [0, 0.1) is 11.3 Å². The van der Waals surface area contributed by atoms with Gasteiger partial charge in [-0.2, -0.15) is 0 Å². The Balaban J connectivity index is 3.96. The molecule has 0 rings (SSSR count). The van der Waals surface area contributed by atoms with Crippen LogP contribution in [0.2, 0.25) is 0 Å². The maximum absolute atomic E-state index is 11.3. The van der Waals surface area contributed by atoms with Gasteiger partial charge in [-0.05, 0) is 6.42 Å². The van der Waals surface area contributed by atoms with Gasteiger partial charge in [0.2, 0.25) is 0 Å². The first kappa shape index (κ1) is 12.8. The lowest BCUT2D eigenvalue weighted by Gasteiger charge is -2.15. The molecule has 0 aliphatic rings. The Morgan fingerprint density at radius 1 is 1.71 bits per heavy atom. The lowest BCUT2D eigenvalue weighted by atomic mass is 10.0. The van der Waals surface area contributed by atoms with Crippen molar-refractivity contribution in [1.29, 1.82) is 5.41 Å². The van der Waals surface area contributed by atoms with Gasteiger partial charge in [0.05, 0.1) is 5.92 Å². The van der Waals surface area contributed by atoms with Crippen molar-refractivity contribution in [2.24, 2.45) is 11.7 Å². The molecule has 0 aromatic rings. The van der Waals surface area contributed by atoms with E-state index in [9.17, 15) is 4.79 Å². The molecule has 0 heterocycles. The van der Waals surface area contributed by atoms with Crippen LogP contribution < -0.4 is 11.1 Å². The maximum Gasteiger partial charge on any atom is 0.325 e. The van der Waals surface area contributed by atoms with Crippen LogP contribution in [0.5, 0.6) is 0 Å². The number of hydrogen-bond donors (Lipinski definition) is 3. The highest BCUT2D eigenvalue weighted by atomic mass is 16.5. The molecule has 0 bridgehead atoms. The van der Waals surface area contributed by atoms with Gasteiger partial charge in [-0.1, -0.05) is 19.8 Å². The van der Waals surface area contributed by atoms with Gasteiger partial charge in [0.25, 0.3) is 5.97 Å². The highest BCUT2D eigenvalue weighted by Gasteiger charge is 2.17. The van der Waals surface area contributed by atoms with Crippen molar-refractivity contribution >= 4 is 20.0 Å². The fourth-order valence-corrected chi connectivity index (χ4v) is 1.15. The molecule has 0 aliphatic carbocycles. The number of carbonyl (C=O) groups excluding carboxylic acids is 1. The molecule has 0 fully saturated rings. The largest absolute Gasteiger partial charge is 0.543 e. The third kappa shape index (κ3) is 5.45. The zero-order valence-corrected chi connectivity index (χ0v) is 8.80. The number of hydrogen-bond acceptors (Lipinski definition) is 3. The first-order chi connectivity index (χ1) is 6.61. The maximum atomic E-state index is 11.3. The lowest BCUT2D eigenvalue weighted by molar-refractivity contribution is -0.138. The highest BCUT2D eigenvalue weighted by Crippen LogP contribution is 2.08. The summed E-state index contributed by atoms with van der Waals surface area (Å²) in [5, 5.41) is 9.61. The quantitative estimate of drug-likeness (QED) is 0.302. The number of unbranched alkanes of at least 4 members (excludes halogenated alkanes) is 1. The van der Waals surface area contributed by atoms with Crippen LogP contribution in [0.15, 0.2) is 0 Å². The third-order valence-corrected chi connectivity index (χ3v) is 1.98. The van der Waals surface area contributed by atoms with Crippen LogP contribution >= 0.6 is 0 Å². The van der Waals surface area contributed by atoms with Crippen LogP contribution in [-0.2, 0) is 9.45 Å². The predicted octanol–water partition coefficient (Wildman–Crippen LogP) is -0.633. The zero-order valence-electron chi connectivity index (χ0n) is 8.80. The fraction of sp³-hybridized carbons (Fsp3) is 0.750. The van der Waals surface area contributed by atoms with Gasteiger partial charge < -0.3 is 15.7 Å². The number of guanidine groups is 1. The molecule has 1 unspecified atom stereocenters. The standard InChI is InChI=1S/C8H18BN3O2/c1-2-3-4-6(7(13)14-9)5-12-8(10)11/h6H,2-5,9H2,1H3,(H4,10,11,12). The smallest absolute Gasteiger partial charge is 0.325 e. The van der Waals surface area contributed by atoms with Crippen molar-refractivity contribution in [1.82, 2.24) is 5.32 Å². The summed E-state index contributed by atoms with van der Waals surface area (Å²) in [7, 11) is 1.37. The van der Waals surface area contributed by atoms with Crippen LogP contribution in [0.4, 0.5) is 0 Å². The first-order valence-electron chi connectivity index (χ1n) is 4.77. The average molecular weight is 199 g/mol. The van der Waals surface area contributed by atoms with E-state index in [0.717, 1.165) is 19.3 Å². The Hall–Kier alpha value is -1.20. The Bertz CT molecular complexity index is 199. The molecular weight excluding hydrogens is 181 g/mol. The van der Waals surface area contributed by atoms with Gasteiger partial charge in [0.1, 0.15) is 0 Å². The van der Waals surface area contributed by atoms with E-state index in [2.05, 4.69) is 16.9 Å². The molecule has 4 N–H and O–H groups in total. The minimum atomic E-state index is -0.243. The fourth-order valence-electron chi connectivity index (χ4n) is 1.15. The van der Waals surface area contributed by atoms with Crippen LogP contribution in [-0.4, -0.2) is 26.5 Å². The summed E-state index contributed by atoms with van der Waals surface area (Å²) in [6, 6.07) is 0. The molecule has 0 saturated heterocycles. The van der Waals surface area contributed by atoms with E-state index in [1.807, 2.05) is 0 Å². The monoisotopic (exact) mass is 199 g/mol. The second-order valence-electron chi connectivity index (χ2n) is 3.16. The molecular formula is C8H18BN3O2. The second-order valence-corrected chi connectivity index (χ2v) is 3.16. The second kappa shape index (κ2) is 7.23. The summed E-state index contributed by atoms with van der Waals surface area (Å²) < 4.78 is 4.65. The molecule has 0 aliphatic heterocycles. The molecule has 14 heavy (non-hydrogen) atoms. The predicted molar refractivity (Wildman–Crippen MR) is 57.6 cm³/mol. The minimum absolute atomic E-state index is 0.115. The Labute approximate surface area is 85.3 Å². The van der Waals surface area contributed by atoms with Crippen molar-refractivity contribution in [3.63, 3.8) is 0 Å². The molecule has 6 heteroatoms. The van der Waals surface area contributed by atoms with Gasteiger partial charge in [0.15, 0.2) is 5.96 Å². The molecule has 0 saturated carbocycles. The summed E-state index contributed by atoms with van der Waals surface area (Å²) in [5.41, 5.74) is 5.13. The van der Waals surface area contributed by atoms with Crippen molar-refractivity contribution in [2.75, 3.05) is 6.54 Å². The molecule has 0 spiro atoms.